The third kappa shape index (κ3) is 2.88. The lowest BCUT2D eigenvalue weighted by Gasteiger charge is -2.15. The Morgan fingerprint density at radius 2 is 2.05 bits per heavy atom. The summed E-state index contributed by atoms with van der Waals surface area (Å²) in [5.74, 6) is -0.449. The van der Waals surface area contributed by atoms with E-state index >= 15 is 0 Å². The Morgan fingerprint density at radius 3 is 2.70 bits per heavy atom. The topological polar surface area (TPSA) is 88.2 Å². The first-order valence-electron chi connectivity index (χ1n) is 6.33. The van der Waals surface area contributed by atoms with Gasteiger partial charge in [0.1, 0.15) is 11.4 Å². The molecule has 4 N–H and O–H groups in total. The van der Waals surface area contributed by atoms with Crippen LogP contribution in [0.1, 0.15) is 35.7 Å². The molecule has 0 spiro atoms. The molecule has 0 atom stereocenters. The van der Waals surface area contributed by atoms with Crippen molar-refractivity contribution < 1.29 is 9.90 Å². The maximum atomic E-state index is 11.2. The van der Waals surface area contributed by atoms with Crippen LogP contribution in [0, 0.1) is 0 Å². The molecule has 20 heavy (non-hydrogen) atoms. The van der Waals surface area contributed by atoms with Crippen LogP contribution in [-0.4, -0.2) is 16.1 Å². The van der Waals surface area contributed by atoms with Gasteiger partial charge in [-0.3, -0.25) is 0 Å². The summed E-state index contributed by atoms with van der Waals surface area (Å²) in [5, 5.41) is 12.3. The molecule has 1 heterocycles. The van der Waals surface area contributed by atoms with Crippen molar-refractivity contribution in [2.45, 2.75) is 19.8 Å². The number of hydrogen-bond acceptors (Lipinski definition) is 4. The lowest BCUT2D eigenvalue weighted by molar-refractivity contribution is 0.0697. The molecule has 0 saturated heterocycles. The minimum atomic E-state index is -1.06. The van der Waals surface area contributed by atoms with Gasteiger partial charge in [-0.15, -0.1) is 0 Å². The van der Waals surface area contributed by atoms with Crippen LogP contribution in [0.3, 0.4) is 0 Å². The van der Waals surface area contributed by atoms with Gasteiger partial charge in [0.15, 0.2) is 0 Å². The molecule has 0 radical (unpaired) electrons. The summed E-state index contributed by atoms with van der Waals surface area (Å²) >= 11 is 0. The largest absolute Gasteiger partial charge is 0.478 e. The number of hydrogen-bond donors (Lipinski definition) is 3. The number of pyridine rings is 1. The molecule has 5 nitrogen and oxygen atoms in total. The Bertz CT molecular complexity index is 639. The van der Waals surface area contributed by atoms with E-state index in [0.717, 1.165) is 11.3 Å². The summed E-state index contributed by atoms with van der Waals surface area (Å²) in [6, 6.07) is 9.15. The molecule has 104 valence electrons. The summed E-state index contributed by atoms with van der Waals surface area (Å²) in [5.41, 5.74) is 7.92. The Balaban J connectivity index is 2.43. The second-order valence-corrected chi connectivity index (χ2v) is 4.84. The van der Waals surface area contributed by atoms with E-state index in [1.54, 1.807) is 0 Å². The fourth-order valence-corrected chi connectivity index (χ4v) is 1.99. The monoisotopic (exact) mass is 271 g/mol. The number of para-hydroxylation sites is 1. The summed E-state index contributed by atoms with van der Waals surface area (Å²) in [6.45, 7) is 4.16. The number of nitrogens with two attached hydrogens (primary N) is 1. The van der Waals surface area contributed by atoms with Gasteiger partial charge in [-0.25, -0.2) is 9.78 Å². The lowest BCUT2D eigenvalue weighted by atomic mass is 10.0. The number of benzene rings is 1. The van der Waals surface area contributed by atoms with E-state index in [2.05, 4.69) is 24.1 Å². The Morgan fingerprint density at radius 1 is 1.35 bits per heavy atom. The van der Waals surface area contributed by atoms with Gasteiger partial charge in [-0.1, -0.05) is 32.0 Å². The highest BCUT2D eigenvalue weighted by Gasteiger charge is 2.14. The molecule has 0 unspecified atom stereocenters. The van der Waals surface area contributed by atoms with E-state index in [-0.39, 0.29) is 5.56 Å². The second kappa shape index (κ2) is 5.61. The van der Waals surface area contributed by atoms with Gasteiger partial charge in [-0.2, -0.15) is 0 Å². The van der Waals surface area contributed by atoms with E-state index in [4.69, 9.17) is 5.73 Å². The molecule has 5 heteroatoms. The van der Waals surface area contributed by atoms with Crippen LogP contribution in [0.5, 0.6) is 0 Å². The van der Waals surface area contributed by atoms with E-state index in [9.17, 15) is 9.90 Å². The van der Waals surface area contributed by atoms with Crippen LogP contribution in [-0.2, 0) is 0 Å². The van der Waals surface area contributed by atoms with Crippen molar-refractivity contribution in [1.82, 2.24) is 4.98 Å². The number of rotatable bonds is 4. The number of anilines is 3. The quantitative estimate of drug-likeness (QED) is 0.794. The van der Waals surface area contributed by atoms with Gasteiger partial charge in [0.2, 0.25) is 0 Å². The number of aromatic nitrogens is 1. The first kappa shape index (κ1) is 13.9. The van der Waals surface area contributed by atoms with Crippen molar-refractivity contribution in [1.29, 1.82) is 0 Å². The molecule has 1 aromatic carbocycles. The van der Waals surface area contributed by atoms with Crippen LogP contribution >= 0.6 is 0 Å². The average molecular weight is 271 g/mol. The smallest absolute Gasteiger partial charge is 0.339 e. The standard InChI is InChI=1S/C15H17N3O2/c1-9(2)11-5-3-4-6-13(11)18-14-12(15(19)20)7-10(16)8-17-14/h3-9H,16H2,1-2H3,(H,17,18)(H,19,20). The maximum Gasteiger partial charge on any atom is 0.339 e. The fourth-order valence-electron chi connectivity index (χ4n) is 1.99. The molecule has 2 rings (SSSR count). The summed E-state index contributed by atoms with van der Waals surface area (Å²) in [4.78, 5) is 15.3. The molecule has 0 aliphatic rings. The van der Waals surface area contributed by atoms with Gasteiger partial charge in [0.25, 0.3) is 0 Å². The van der Waals surface area contributed by atoms with E-state index in [1.807, 2.05) is 24.3 Å². The molecule has 2 aromatic rings. The lowest BCUT2D eigenvalue weighted by Crippen LogP contribution is -2.07. The maximum absolute atomic E-state index is 11.2. The predicted molar refractivity (Wildman–Crippen MR) is 79.4 cm³/mol. The Hall–Kier alpha value is -2.56. The van der Waals surface area contributed by atoms with Gasteiger partial charge in [-0.05, 0) is 23.6 Å². The van der Waals surface area contributed by atoms with E-state index < -0.39 is 5.97 Å². The fraction of sp³-hybridized carbons (Fsp3) is 0.200. The van der Waals surface area contributed by atoms with Crippen molar-refractivity contribution >= 4 is 23.2 Å². The highest BCUT2D eigenvalue weighted by molar-refractivity contribution is 5.95. The summed E-state index contributed by atoms with van der Waals surface area (Å²) < 4.78 is 0. The first-order chi connectivity index (χ1) is 9.49. The number of carbonyl (C=O) groups is 1. The highest BCUT2D eigenvalue weighted by Crippen LogP contribution is 2.27. The molecule has 0 saturated carbocycles. The number of carboxylic acid groups (broad SMARTS) is 1. The summed E-state index contributed by atoms with van der Waals surface area (Å²) in [6.07, 6.45) is 1.44. The molecular formula is C15H17N3O2. The molecule has 0 aliphatic carbocycles. The molecule has 0 amide bonds. The van der Waals surface area contributed by atoms with Crippen molar-refractivity contribution in [2.75, 3.05) is 11.1 Å². The van der Waals surface area contributed by atoms with Gasteiger partial charge in [0.05, 0.1) is 11.9 Å². The van der Waals surface area contributed by atoms with Crippen LogP contribution < -0.4 is 11.1 Å². The minimum absolute atomic E-state index is 0.0589. The van der Waals surface area contributed by atoms with Crippen LogP contribution in [0.2, 0.25) is 0 Å². The molecule has 0 bridgehead atoms. The molecule has 1 aromatic heterocycles. The van der Waals surface area contributed by atoms with Crippen molar-refractivity contribution in [3.8, 4) is 0 Å². The van der Waals surface area contributed by atoms with Crippen LogP contribution in [0.25, 0.3) is 0 Å². The zero-order valence-electron chi connectivity index (χ0n) is 11.4. The molecule has 0 aliphatic heterocycles. The van der Waals surface area contributed by atoms with Gasteiger partial charge < -0.3 is 16.2 Å². The zero-order chi connectivity index (χ0) is 14.7. The Labute approximate surface area is 117 Å². The third-order valence-corrected chi connectivity index (χ3v) is 2.98. The third-order valence-electron chi connectivity index (χ3n) is 2.98. The van der Waals surface area contributed by atoms with Crippen molar-refractivity contribution in [2.24, 2.45) is 0 Å². The van der Waals surface area contributed by atoms with Crippen LogP contribution in [0.15, 0.2) is 36.5 Å². The number of aromatic carboxylic acids is 1. The number of nitrogens with one attached hydrogen (secondary N) is 1. The van der Waals surface area contributed by atoms with Crippen molar-refractivity contribution in [3.05, 3.63) is 47.7 Å². The Kier molecular flexibility index (Phi) is 3.89. The SMILES string of the molecule is CC(C)c1ccccc1Nc1ncc(N)cc1C(=O)O. The van der Waals surface area contributed by atoms with E-state index in [0.29, 0.717) is 17.4 Å². The number of nitrogen functional groups attached to an aromatic ring is 1. The molecular weight excluding hydrogens is 254 g/mol. The minimum Gasteiger partial charge on any atom is -0.478 e. The number of carboxylic acids is 1. The van der Waals surface area contributed by atoms with Crippen LogP contribution in [0.4, 0.5) is 17.2 Å². The van der Waals surface area contributed by atoms with Gasteiger partial charge >= 0.3 is 5.97 Å². The normalized spacial score (nSPS) is 10.6. The van der Waals surface area contributed by atoms with Crippen molar-refractivity contribution in [3.63, 3.8) is 0 Å². The molecule has 0 fully saturated rings. The zero-order valence-corrected chi connectivity index (χ0v) is 11.4. The number of nitrogens with zero attached hydrogens (tertiary/aromatic N) is 1. The van der Waals surface area contributed by atoms with Gasteiger partial charge in [0, 0.05) is 5.69 Å². The average Bonchev–Trinajstić information content (AvgIpc) is 2.41. The first-order valence-corrected chi connectivity index (χ1v) is 6.33. The highest BCUT2D eigenvalue weighted by atomic mass is 16.4. The summed E-state index contributed by atoms with van der Waals surface area (Å²) in [7, 11) is 0. The second-order valence-electron chi connectivity index (χ2n) is 4.84. The predicted octanol–water partition coefficient (Wildman–Crippen LogP) is 3.23. The van der Waals surface area contributed by atoms with E-state index in [1.165, 1.54) is 12.3 Å².